The van der Waals surface area contributed by atoms with Crippen molar-refractivity contribution >= 4 is 5.97 Å². The molecule has 2 aromatic carbocycles. The molecule has 0 radical (unpaired) electrons. The zero-order chi connectivity index (χ0) is 22.4. The minimum Gasteiger partial charge on any atom is -0.493 e. The molecule has 7 nitrogen and oxygen atoms in total. The van der Waals surface area contributed by atoms with E-state index in [1.807, 2.05) is 51.1 Å². The second kappa shape index (κ2) is 10.1. The van der Waals surface area contributed by atoms with Crippen molar-refractivity contribution in [3.05, 3.63) is 54.1 Å². The summed E-state index contributed by atoms with van der Waals surface area (Å²) in [7, 11) is 0. The summed E-state index contributed by atoms with van der Waals surface area (Å²) in [5.41, 5.74) is 2.92. The molecule has 0 spiro atoms. The lowest BCUT2D eigenvalue weighted by molar-refractivity contribution is 0.0697. The van der Waals surface area contributed by atoms with Gasteiger partial charge in [0.15, 0.2) is 0 Å². The van der Waals surface area contributed by atoms with Crippen molar-refractivity contribution in [1.82, 2.24) is 9.78 Å². The highest BCUT2D eigenvalue weighted by Gasteiger charge is 2.20. The van der Waals surface area contributed by atoms with Crippen LogP contribution in [0.3, 0.4) is 0 Å². The molecular weight excluding hydrogens is 396 g/mol. The van der Waals surface area contributed by atoms with E-state index in [0.29, 0.717) is 48.9 Å². The number of aromatic carboxylic acids is 1. The molecule has 1 atom stereocenters. The first-order valence-corrected chi connectivity index (χ1v) is 10.5. The molecule has 0 aliphatic carbocycles. The molecule has 3 rings (SSSR count). The highest BCUT2D eigenvalue weighted by molar-refractivity contribution is 5.90. The molecule has 7 heteroatoms. The maximum atomic E-state index is 11.5. The Labute approximate surface area is 181 Å². The number of carbonyl (C=O) groups is 1. The molecule has 0 saturated heterocycles. The summed E-state index contributed by atoms with van der Waals surface area (Å²) < 4.78 is 13.3. The number of para-hydroxylation sites is 1. The van der Waals surface area contributed by atoms with Crippen LogP contribution in [0.15, 0.2) is 48.5 Å². The highest BCUT2D eigenvalue weighted by atomic mass is 16.5. The van der Waals surface area contributed by atoms with E-state index in [-0.39, 0.29) is 5.56 Å². The van der Waals surface area contributed by atoms with Crippen molar-refractivity contribution in [1.29, 1.82) is 0 Å². The number of rotatable bonds is 10. The Hall–Kier alpha value is -3.32. The molecule has 3 aromatic rings. The number of ether oxygens (including phenoxy) is 2. The van der Waals surface area contributed by atoms with Gasteiger partial charge in [-0.15, -0.1) is 0 Å². The molecule has 0 aliphatic heterocycles. The first-order chi connectivity index (χ1) is 15.0. The number of hydrogen-bond donors (Lipinski definition) is 2. The van der Waals surface area contributed by atoms with E-state index in [2.05, 4.69) is 0 Å². The fourth-order valence-corrected chi connectivity index (χ4v) is 3.34. The van der Waals surface area contributed by atoms with Crippen LogP contribution in [-0.4, -0.2) is 45.3 Å². The second-order valence-electron chi connectivity index (χ2n) is 7.04. The standard InChI is InChI=1S/C24H28N2O5/c1-4-17(27)15-26-21(18-9-7-8-10-22(18)30-5-2)14-20(25-26)19-13-16(24(28)29)11-12-23(19)31-6-3/h7-14,17,27H,4-6,15H2,1-3H3,(H,28,29)/t17-/m1/s1. The molecule has 0 fully saturated rings. The molecule has 164 valence electrons. The van der Waals surface area contributed by atoms with Crippen LogP contribution < -0.4 is 9.47 Å². The fourth-order valence-electron chi connectivity index (χ4n) is 3.34. The predicted molar refractivity (Wildman–Crippen MR) is 119 cm³/mol. The maximum absolute atomic E-state index is 11.5. The van der Waals surface area contributed by atoms with E-state index in [1.165, 1.54) is 6.07 Å². The fraction of sp³-hybridized carbons (Fsp3) is 0.333. The highest BCUT2D eigenvalue weighted by Crippen LogP contribution is 2.36. The summed E-state index contributed by atoms with van der Waals surface area (Å²) in [5, 5.41) is 24.5. The monoisotopic (exact) mass is 424 g/mol. The number of carboxylic acid groups (broad SMARTS) is 1. The van der Waals surface area contributed by atoms with Crippen LogP contribution in [0.5, 0.6) is 11.5 Å². The predicted octanol–water partition coefficient (Wildman–Crippen LogP) is 4.48. The number of nitrogens with zero attached hydrogens (tertiary/aromatic N) is 2. The molecule has 0 aliphatic rings. The molecule has 1 heterocycles. The minimum absolute atomic E-state index is 0.151. The van der Waals surface area contributed by atoms with Crippen LogP contribution >= 0.6 is 0 Å². The van der Waals surface area contributed by atoms with Gasteiger partial charge in [0.2, 0.25) is 0 Å². The van der Waals surface area contributed by atoms with Gasteiger partial charge in [-0.1, -0.05) is 19.1 Å². The van der Waals surface area contributed by atoms with E-state index < -0.39 is 12.1 Å². The van der Waals surface area contributed by atoms with Crippen LogP contribution in [0.4, 0.5) is 0 Å². The van der Waals surface area contributed by atoms with Gasteiger partial charge in [-0.05, 0) is 56.7 Å². The molecule has 1 aromatic heterocycles. The third-order valence-electron chi connectivity index (χ3n) is 4.90. The first-order valence-electron chi connectivity index (χ1n) is 10.5. The number of aliphatic hydroxyl groups is 1. The molecule has 0 bridgehead atoms. The summed E-state index contributed by atoms with van der Waals surface area (Å²) in [5.74, 6) is 0.248. The number of aromatic nitrogens is 2. The zero-order valence-corrected chi connectivity index (χ0v) is 18.0. The quantitative estimate of drug-likeness (QED) is 0.498. The van der Waals surface area contributed by atoms with E-state index in [4.69, 9.17) is 14.6 Å². The third kappa shape index (κ3) is 5.06. The Morgan fingerprint density at radius 3 is 2.32 bits per heavy atom. The summed E-state index contributed by atoms with van der Waals surface area (Å²) in [4.78, 5) is 11.5. The van der Waals surface area contributed by atoms with Gasteiger partial charge in [0.25, 0.3) is 0 Å². The van der Waals surface area contributed by atoms with Crippen molar-refractivity contribution in [2.24, 2.45) is 0 Å². The normalized spacial score (nSPS) is 11.9. The van der Waals surface area contributed by atoms with Crippen LogP contribution in [0, 0.1) is 0 Å². The lowest BCUT2D eigenvalue weighted by Crippen LogP contribution is -2.16. The van der Waals surface area contributed by atoms with E-state index >= 15 is 0 Å². The van der Waals surface area contributed by atoms with Gasteiger partial charge in [0, 0.05) is 11.1 Å². The topological polar surface area (TPSA) is 93.8 Å². The van der Waals surface area contributed by atoms with Gasteiger partial charge in [-0.3, -0.25) is 4.68 Å². The minimum atomic E-state index is -1.02. The number of carboxylic acids is 1. The molecule has 0 amide bonds. The van der Waals surface area contributed by atoms with Crippen molar-refractivity contribution in [3.63, 3.8) is 0 Å². The van der Waals surface area contributed by atoms with Crippen molar-refractivity contribution < 1.29 is 24.5 Å². The lowest BCUT2D eigenvalue weighted by atomic mass is 10.0. The molecule has 2 N–H and O–H groups in total. The Balaban J connectivity index is 2.19. The Bertz CT molecular complexity index is 1040. The van der Waals surface area contributed by atoms with Gasteiger partial charge < -0.3 is 19.7 Å². The Morgan fingerprint density at radius 2 is 1.68 bits per heavy atom. The largest absolute Gasteiger partial charge is 0.493 e. The summed E-state index contributed by atoms with van der Waals surface area (Å²) in [6.45, 7) is 6.96. The summed E-state index contributed by atoms with van der Waals surface area (Å²) in [6, 6.07) is 14.3. The lowest BCUT2D eigenvalue weighted by Gasteiger charge is -2.14. The van der Waals surface area contributed by atoms with E-state index in [1.54, 1.807) is 16.8 Å². The first kappa shape index (κ1) is 22.4. The number of benzene rings is 2. The van der Waals surface area contributed by atoms with Gasteiger partial charge in [-0.2, -0.15) is 5.10 Å². The summed E-state index contributed by atoms with van der Waals surface area (Å²) in [6.07, 6.45) is 0.0166. The number of hydrogen-bond acceptors (Lipinski definition) is 5. The van der Waals surface area contributed by atoms with Crippen molar-refractivity contribution in [2.45, 2.75) is 39.8 Å². The average molecular weight is 424 g/mol. The van der Waals surface area contributed by atoms with Crippen LogP contribution in [0.1, 0.15) is 37.6 Å². The van der Waals surface area contributed by atoms with E-state index in [0.717, 1.165) is 11.3 Å². The van der Waals surface area contributed by atoms with Crippen molar-refractivity contribution in [2.75, 3.05) is 13.2 Å². The van der Waals surface area contributed by atoms with Gasteiger partial charge in [0.1, 0.15) is 11.5 Å². The molecule has 0 unspecified atom stereocenters. The molecule has 31 heavy (non-hydrogen) atoms. The molecular formula is C24H28N2O5. The van der Waals surface area contributed by atoms with Gasteiger partial charge in [-0.25, -0.2) is 4.79 Å². The van der Waals surface area contributed by atoms with Crippen LogP contribution in [0.2, 0.25) is 0 Å². The zero-order valence-electron chi connectivity index (χ0n) is 18.0. The Morgan fingerprint density at radius 1 is 1.00 bits per heavy atom. The average Bonchev–Trinajstić information content (AvgIpc) is 3.17. The molecule has 0 saturated carbocycles. The van der Waals surface area contributed by atoms with Crippen molar-refractivity contribution in [3.8, 4) is 34.0 Å². The smallest absolute Gasteiger partial charge is 0.335 e. The van der Waals surface area contributed by atoms with E-state index in [9.17, 15) is 15.0 Å². The van der Waals surface area contributed by atoms with Crippen LogP contribution in [-0.2, 0) is 6.54 Å². The summed E-state index contributed by atoms with van der Waals surface area (Å²) >= 11 is 0. The number of aliphatic hydroxyl groups excluding tert-OH is 1. The third-order valence-corrected chi connectivity index (χ3v) is 4.90. The van der Waals surface area contributed by atoms with Gasteiger partial charge >= 0.3 is 5.97 Å². The Kier molecular flexibility index (Phi) is 7.31. The van der Waals surface area contributed by atoms with Gasteiger partial charge in [0.05, 0.1) is 42.8 Å². The van der Waals surface area contributed by atoms with Crippen LogP contribution in [0.25, 0.3) is 22.5 Å². The SMILES string of the molecule is CCOc1ccc(C(=O)O)cc1-c1cc(-c2ccccc2OCC)n(C[C@H](O)CC)n1. The maximum Gasteiger partial charge on any atom is 0.335 e. The second-order valence-corrected chi connectivity index (χ2v) is 7.04.